The van der Waals surface area contributed by atoms with Gasteiger partial charge in [-0.1, -0.05) is 6.92 Å². The Morgan fingerprint density at radius 3 is 2.43 bits per heavy atom. The summed E-state index contributed by atoms with van der Waals surface area (Å²) in [6.45, 7) is 2.19. The van der Waals surface area contributed by atoms with Crippen molar-refractivity contribution in [2.45, 2.75) is 19.9 Å². The van der Waals surface area contributed by atoms with Crippen LogP contribution in [0.25, 0.3) is 0 Å². The average molecular weight is 288 g/mol. The molecular weight excluding hydrogens is 271 g/mol. The molecule has 0 spiro atoms. The smallest absolute Gasteiger partial charge is 0.224 e. The van der Waals surface area contributed by atoms with Crippen molar-refractivity contribution in [2.24, 2.45) is 0 Å². The molecule has 0 saturated heterocycles. The van der Waals surface area contributed by atoms with Gasteiger partial charge in [0.25, 0.3) is 0 Å². The third kappa shape index (κ3) is 4.49. The van der Waals surface area contributed by atoms with Crippen LogP contribution >= 0.6 is 0 Å². The van der Waals surface area contributed by atoms with Crippen molar-refractivity contribution >= 4 is 17.3 Å². The summed E-state index contributed by atoms with van der Waals surface area (Å²) < 4.78 is 13.1. The highest BCUT2D eigenvalue weighted by Gasteiger charge is 2.01. The summed E-state index contributed by atoms with van der Waals surface area (Å²) in [4.78, 5) is 11.3. The number of phenolic OH excluding ortho intramolecular Hbond substituents is 1. The molecular formula is C16H17FN2O2. The van der Waals surface area contributed by atoms with Gasteiger partial charge in [0.1, 0.15) is 11.6 Å². The normalized spacial score (nSPS) is 10.2. The first-order chi connectivity index (χ1) is 10.1. The van der Waals surface area contributed by atoms with Crippen molar-refractivity contribution in [3.8, 4) is 5.75 Å². The maximum absolute atomic E-state index is 13.1. The van der Waals surface area contributed by atoms with Crippen molar-refractivity contribution in [3.05, 3.63) is 53.8 Å². The van der Waals surface area contributed by atoms with Crippen molar-refractivity contribution in [1.82, 2.24) is 0 Å². The molecule has 0 heterocycles. The van der Waals surface area contributed by atoms with Crippen LogP contribution in [0.3, 0.4) is 0 Å². The summed E-state index contributed by atoms with van der Waals surface area (Å²) in [5.74, 6) is -0.597. The van der Waals surface area contributed by atoms with E-state index in [4.69, 9.17) is 0 Å². The number of anilines is 2. The Morgan fingerprint density at radius 2 is 1.81 bits per heavy atom. The highest BCUT2D eigenvalue weighted by Crippen LogP contribution is 2.18. The molecule has 4 nitrogen and oxygen atoms in total. The molecule has 21 heavy (non-hydrogen) atoms. The third-order valence-corrected chi connectivity index (χ3v) is 2.93. The van der Waals surface area contributed by atoms with Crippen LogP contribution in [-0.2, 0) is 11.3 Å². The zero-order valence-electron chi connectivity index (χ0n) is 11.7. The molecule has 0 atom stereocenters. The van der Waals surface area contributed by atoms with Gasteiger partial charge < -0.3 is 15.7 Å². The minimum atomic E-state index is -0.468. The number of rotatable bonds is 5. The predicted molar refractivity (Wildman–Crippen MR) is 80.8 cm³/mol. The monoisotopic (exact) mass is 288 g/mol. The molecule has 0 saturated carbocycles. The van der Waals surface area contributed by atoms with Crippen LogP contribution in [-0.4, -0.2) is 11.0 Å². The number of benzene rings is 2. The van der Waals surface area contributed by atoms with E-state index in [9.17, 15) is 14.3 Å². The first-order valence-electron chi connectivity index (χ1n) is 6.69. The number of halogens is 1. The van der Waals surface area contributed by atoms with Gasteiger partial charge in [-0.25, -0.2) is 4.39 Å². The largest absolute Gasteiger partial charge is 0.508 e. The molecule has 5 heteroatoms. The van der Waals surface area contributed by atoms with E-state index in [1.807, 2.05) is 12.1 Å². The molecule has 2 aromatic carbocycles. The lowest BCUT2D eigenvalue weighted by Gasteiger charge is -2.09. The Labute approximate surface area is 122 Å². The van der Waals surface area contributed by atoms with E-state index in [0.717, 1.165) is 17.4 Å². The highest BCUT2D eigenvalue weighted by atomic mass is 19.1. The number of nitrogens with one attached hydrogen (secondary N) is 2. The van der Waals surface area contributed by atoms with Gasteiger partial charge in [-0.05, 0) is 42.0 Å². The van der Waals surface area contributed by atoms with Gasteiger partial charge in [0.15, 0.2) is 0 Å². The van der Waals surface area contributed by atoms with E-state index in [1.54, 1.807) is 19.1 Å². The second-order valence-electron chi connectivity index (χ2n) is 4.65. The van der Waals surface area contributed by atoms with Crippen molar-refractivity contribution in [3.63, 3.8) is 0 Å². The SMILES string of the molecule is CCC(=O)Nc1ccc(NCc2cc(O)cc(F)c2)cc1. The Morgan fingerprint density at radius 1 is 1.14 bits per heavy atom. The van der Waals surface area contributed by atoms with E-state index >= 15 is 0 Å². The topological polar surface area (TPSA) is 61.4 Å². The van der Waals surface area contributed by atoms with Crippen LogP contribution in [0.1, 0.15) is 18.9 Å². The number of aromatic hydroxyl groups is 1. The Bertz CT molecular complexity index is 606. The molecule has 0 aliphatic rings. The summed E-state index contributed by atoms with van der Waals surface area (Å²) >= 11 is 0. The number of hydrogen-bond donors (Lipinski definition) is 3. The standard InChI is InChI=1S/C16H17FN2O2/c1-2-16(21)19-14-5-3-13(4-6-14)18-10-11-7-12(17)9-15(20)8-11/h3-9,18,20H,2,10H2,1H3,(H,19,21). The minimum absolute atomic E-state index is 0.0362. The zero-order valence-corrected chi connectivity index (χ0v) is 11.7. The Hall–Kier alpha value is -2.56. The molecule has 3 N–H and O–H groups in total. The van der Waals surface area contributed by atoms with Gasteiger partial charge >= 0.3 is 0 Å². The van der Waals surface area contributed by atoms with E-state index in [0.29, 0.717) is 18.5 Å². The maximum Gasteiger partial charge on any atom is 0.224 e. The van der Waals surface area contributed by atoms with Crippen molar-refractivity contribution in [2.75, 3.05) is 10.6 Å². The molecule has 0 radical (unpaired) electrons. The van der Waals surface area contributed by atoms with Crippen LogP contribution in [0.2, 0.25) is 0 Å². The van der Waals surface area contributed by atoms with Crippen LogP contribution in [0.4, 0.5) is 15.8 Å². The molecule has 0 aromatic heterocycles. The summed E-state index contributed by atoms with van der Waals surface area (Å²) in [6, 6.07) is 11.2. The molecule has 2 aromatic rings. The summed E-state index contributed by atoms with van der Waals surface area (Å²) in [6.07, 6.45) is 0.434. The van der Waals surface area contributed by atoms with E-state index < -0.39 is 5.82 Å². The highest BCUT2D eigenvalue weighted by molar-refractivity contribution is 5.90. The lowest BCUT2D eigenvalue weighted by Crippen LogP contribution is -2.09. The van der Waals surface area contributed by atoms with Crippen molar-refractivity contribution < 1.29 is 14.3 Å². The maximum atomic E-state index is 13.1. The fraction of sp³-hybridized carbons (Fsp3) is 0.188. The number of carbonyl (C=O) groups is 1. The number of amides is 1. The van der Waals surface area contributed by atoms with Crippen LogP contribution in [0.5, 0.6) is 5.75 Å². The van der Waals surface area contributed by atoms with Gasteiger partial charge in [0.05, 0.1) is 0 Å². The predicted octanol–water partition coefficient (Wildman–Crippen LogP) is 3.49. The molecule has 0 bridgehead atoms. The number of hydrogen-bond acceptors (Lipinski definition) is 3. The molecule has 0 aliphatic heterocycles. The summed E-state index contributed by atoms with van der Waals surface area (Å²) in [5.41, 5.74) is 2.22. The molecule has 0 unspecified atom stereocenters. The van der Waals surface area contributed by atoms with Gasteiger partial charge in [-0.15, -0.1) is 0 Å². The Kier molecular flexibility index (Phi) is 4.77. The number of phenols is 1. The number of carbonyl (C=O) groups excluding carboxylic acids is 1. The minimum Gasteiger partial charge on any atom is -0.508 e. The lowest BCUT2D eigenvalue weighted by molar-refractivity contribution is -0.115. The van der Waals surface area contributed by atoms with Crippen LogP contribution in [0, 0.1) is 5.82 Å². The quantitative estimate of drug-likeness (QED) is 0.789. The van der Waals surface area contributed by atoms with Crippen LogP contribution < -0.4 is 10.6 Å². The fourth-order valence-electron chi connectivity index (χ4n) is 1.86. The van der Waals surface area contributed by atoms with Gasteiger partial charge in [0.2, 0.25) is 5.91 Å². The Balaban J connectivity index is 1.95. The van der Waals surface area contributed by atoms with E-state index in [2.05, 4.69) is 10.6 Å². The van der Waals surface area contributed by atoms with Gasteiger partial charge in [-0.2, -0.15) is 0 Å². The van der Waals surface area contributed by atoms with Gasteiger partial charge in [0, 0.05) is 30.4 Å². The first kappa shape index (κ1) is 14.8. The lowest BCUT2D eigenvalue weighted by atomic mass is 10.2. The van der Waals surface area contributed by atoms with Crippen molar-refractivity contribution in [1.29, 1.82) is 0 Å². The molecule has 110 valence electrons. The summed E-state index contributed by atoms with van der Waals surface area (Å²) in [5, 5.41) is 15.2. The van der Waals surface area contributed by atoms with E-state index in [-0.39, 0.29) is 11.7 Å². The first-order valence-corrected chi connectivity index (χ1v) is 6.69. The third-order valence-electron chi connectivity index (χ3n) is 2.93. The molecule has 0 fully saturated rings. The fourth-order valence-corrected chi connectivity index (χ4v) is 1.86. The molecule has 0 aliphatic carbocycles. The zero-order chi connectivity index (χ0) is 15.2. The second-order valence-corrected chi connectivity index (χ2v) is 4.65. The second kappa shape index (κ2) is 6.74. The van der Waals surface area contributed by atoms with E-state index in [1.165, 1.54) is 12.1 Å². The average Bonchev–Trinajstić information content (AvgIpc) is 2.45. The van der Waals surface area contributed by atoms with Gasteiger partial charge in [-0.3, -0.25) is 4.79 Å². The molecule has 2 rings (SSSR count). The van der Waals surface area contributed by atoms with Crippen LogP contribution in [0.15, 0.2) is 42.5 Å². The summed E-state index contributed by atoms with van der Waals surface area (Å²) in [7, 11) is 0. The molecule has 1 amide bonds.